The molecule has 0 bridgehead atoms. The zero-order valence-corrected chi connectivity index (χ0v) is 22.7. The van der Waals surface area contributed by atoms with Gasteiger partial charge in [0.2, 0.25) is 0 Å². The van der Waals surface area contributed by atoms with Gasteiger partial charge in [-0.3, -0.25) is 19.3 Å². The maximum atomic E-state index is 15.2. The zero-order chi connectivity index (χ0) is 29.8. The van der Waals surface area contributed by atoms with Crippen LogP contribution in [0.15, 0.2) is 83.9 Å². The van der Waals surface area contributed by atoms with Crippen molar-refractivity contribution >= 4 is 23.5 Å². The Balaban J connectivity index is 1.42. The largest absolute Gasteiger partial charge is 0.454 e. The molecule has 9 nitrogen and oxygen atoms in total. The van der Waals surface area contributed by atoms with Crippen molar-refractivity contribution < 1.29 is 18.3 Å². The van der Waals surface area contributed by atoms with E-state index in [0.717, 1.165) is 12.3 Å². The summed E-state index contributed by atoms with van der Waals surface area (Å²) in [5.41, 5.74) is 2.94. The van der Waals surface area contributed by atoms with Crippen LogP contribution in [0.5, 0.6) is 11.5 Å². The number of halogens is 2. The molecule has 5 aromatic rings. The van der Waals surface area contributed by atoms with E-state index >= 15 is 4.39 Å². The number of hydrogen-bond acceptors (Lipinski definition) is 6. The number of benzene rings is 3. The molecule has 0 unspecified atom stereocenters. The van der Waals surface area contributed by atoms with Crippen molar-refractivity contribution in [1.82, 2.24) is 14.8 Å². The van der Waals surface area contributed by atoms with E-state index in [4.69, 9.17) is 10.1 Å². The number of ether oxygens (including phenoxy) is 1. The first-order valence-electron chi connectivity index (χ1n) is 13.0. The zero-order valence-electron chi connectivity index (χ0n) is 22.7. The molecule has 0 fully saturated rings. The normalized spacial score (nSPS) is 10.8. The molecule has 5 rings (SSSR count). The monoisotopic (exact) mass is 568 g/mol. The molecule has 4 N–H and O–H groups in total. The number of rotatable bonds is 9. The number of amides is 1. The van der Waals surface area contributed by atoms with Crippen molar-refractivity contribution in [3.05, 3.63) is 118 Å². The smallest absolute Gasteiger partial charge is 0.268 e. The number of nitrogens with zero attached hydrogens (tertiary/aromatic N) is 2. The van der Waals surface area contributed by atoms with Crippen LogP contribution in [0.2, 0.25) is 0 Å². The molecule has 0 atom stereocenters. The van der Waals surface area contributed by atoms with Crippen molar-refractivity contribution in [1.29, 1.82) is 5.41 Å². The number of aromatic nitrogens is 3. The number of aromatic amines is 1. The molecule has 0 saturated carbocycles. The van der Waals surface area contributed by atoms with Crippen LogP contribution in [0.1, 0.15) is 28.5 Å². The molecule has 0 aliphatic rings. The van der Waals surface area contributed by atoms with E-state index in [9.17, 15) is 14.0 Å². The van der Waals surface area contributed by atoms with Crippen LogP contribution in [-0.4, -0.2) is 33.9 Å². The van der Waals surface area contributed by atoms with E-state index in [0.29, 0.717) is 45.9 Å². The van der Waals surface area contributed by atoms with Crippen LogP contribution in [0.3, 0.4) is 0 Å². The molecule has 2 aromatic heterocycles. The number of aryl methyl sites for hydroxylation is 1. The Bertz CT molecular complexity index is 1830. The molecular weight excluding hydrogens is 542 g/mol. The highest BCUT2D eigenvalue weighted by Crippen LogP contribution is 2.38. The van der Waals surface area contributed by atoms with Gasteiger partial charge in [0.1, 0.15) is 17.1 Å². The first kappa shape index (κ1) is 28.0. The maximum Gasteiger partial charge on any atom is 0.268 e. The Labute approximate surface area is 239 Å². The summed E-state index contributed by atoms with van der Waals surface area (Å²) in [4.78, 5) is 26.4. The molecule has 0 spiro atoms. The lowest BCUT2D eigenvalue weighted by atomic mass is 10.0. The number of carbonyl (C=O) groups excluding carboxylic acids is 1. The van der Waals surface area contributed by atoms with Gasteiger partial charge in [0.25, 0.3) is 11.5 Å². The van der Waals surface area contributed by atoms with Crippen LogP contribution < -0.4 is 20.9 Å². The summed E-state index contributed by atoms with van der Waals surface area (Å²) in [6.07, 6.45) is 4.92. The Morgan fingerprint density at radius 2 is 1.86 bits per heavy atom. The molecule has 0 aliphatic heterocycles. The molecule has 0 aliphatic carbocycles. The Hall–Kier alpha value is -5.58. The number of hydrogen-bond donors (Lipinski definition) is 4. The lowest BCUT2D eigenvalue weighted by molar-refractivity contribution is 0.102. The summed E-state index contributed by atoms with van der Waals surface area (Å²) in [5.74, 6) is -1.76. The Kier molecular flexibility index (Phi) is 7.91. The fourth-order valence-electron chi connectivity index (χ4n) is 4.52. The number of nitrogens with one attached hydrogen (secondary N) is 4. The van der Waals surface area contributed by atoms with Gasteiger partial charge >= 0.3 is 0 Å². The molecule has 0 radical (unpaired) electrons. The lowest BCUT2D eigenvalue weighted by Gasteiger charge is -2.16. The van der Waals surface area contributed by atoms with Gasteiger partial charge in [-0.15, -0.1) is 0 Å². The number of H-pyrrole nitrogens is 1. The third kappa shape index (κ3) is 5.52. The number of anilines is 2. The average Bonchev–Trinajstić information content (AvgIpc) is 3.53. The molecule has 212 valence electrons. The average molecular weight is 569 g/mol. The SMILES string of the molecule is CCc1ccc(C(=O)Nc2ccc(Oc3cc(C=N)c(NC)cc3-c3cn[nH]c3)c(F)c2)c(=O)n1-c1ccc(F)cc1. The Morgan fingerprint density at radius 3 is 2.50 bits per heavy atom. The summed E-state index contributed by atoms with van der Waals surface area (Å²) < 4.78 is 36.0. The highest BCUT2D eigenvalue weighted by Gasteiger charge is 2.18. The van der Waals surface area contributed by atoms with E-state index in [-0.39, 0.29) is 17.0 Å². The van der Waals surface area contributed by atoms with Gasteiger partial charge in [0, 0.05) is 65.0 Å². The summed E-state index contributed by atoms with van der Waals surface area (Å²) in [7, 11) is 1.73. The molecule has 2 heterocycles. The van der Waals surface area contributed by atoms with Gasteiger partial charge in [-0.2, -0.15) is 5.10 Å². The highest BCUT2D eigenvalue weighted by molar-refractivity contribution is 6.04. The second-order valence-electron chi connectivity index (χ2n) is 9.23. The van der Waals surface area contributed by atoms with Crippen molar-refractivity contribution in [2.24, 2.45) is 0 Å². The summed E-state index contributed by atoms with van der Waals surface area (Å²) in [6, 6.07) is 15.7. The first-order valence-corrected chi connectivity index (χ1v) is 13.0. The maximum absolute atomic E-state index is 15.2. The van der Waals surface area contributed by atoms with Gasteiger partial charge in [0.05, 0.1) is 6.20 Å². The van der Waals surface area contributed by atoms with Gasteiger partial charge < -0.3 is 20.8 Å². The van der Waals surface area contributed by atoms with E-state index in [1.165, 1.54) is 47.0 Å². The van der Waals surface area contributed by atoms with Crippen molar-refractivity contribution in [2.75, 3.05) is 17.7 Å². The van der Waals surface area contributed by atoms with Gasteiger partial charge in [0.15, 0.2) is 11.6 Å². The minimum Gasteiger partial charge on any atom is -0.454 e. The summed E-state index contributed by atoms with van der Waals surface area (Å²) in [5, 5.41) is 20.0. The molecule has 42 heavy (non-hydrogen) atoms. The second kappa shape index (κ2) is 11.9. The van der Waals surface area contributed by atoms with Gasteiger partial charge in [-0.25, -0.2) is 8.78 Å². The van der Waals surface area contributed by atoms with E-state index in [1.54, 1.807) is 37.6 Å². The Morgan fingerprint density at radius 1 is 1.07 bits per heavy atom. The summed E-state index contributed by atoms with van der Waals surface area (Å²) >= 11 is 0. The van der Waals surface area contributed by atoms with Crippen LogP contribution in [-0.2, 0) is 6.42 Å². The number of pyridine rings is 1. The molecule has 11 heteroatoms. The van der Waals surface area contributed by atoms with Crippen molar-refractivity contribution in [3.8, 4) is 28.3 Å². The van der Waals surface area contributed by atoms with E-state index in [1.807, 2.05) is 6.92 Å². The van der Waals surface area contributed by atoms with E-state index in [2.05, 4.69) is 20.8 Å². The van der Waals surface area contributed by atoms with Gasteiger partial charge in [-0.1, -0.05) is 6.92 Å². The van der Waals surface area contributed by atoms with Gasteiger partial charge in [-0.05, 0) is 67.1 Å². The fraction of sp³-hybridized carbons (Fsp3) is 0.0968. The van der Waals surface area contributed by atoms with Crippen LogP contribution in [0.4, 0.5) is 20.2 Å². The first-order chi connectivity index (χ1) is 20.3. The molecular formula is C31H26F2N6O3. The number of carbonyl (C=O) groups is 1. The predicted octanol–water partition coefficient (Wildman–Crippen LogP) is 6.15. The molecule has 1 amide bonds. The molecule has 0 saturated heterocycles. The predicted molar refractivity (Wildman–Crippen MR) is 157 cm³/mol. The lowest BCUT2D eigenvalue weighted by Crippen LogP contribution is -2.30. The standard InChI is InChI=1S/C31H26F2N6O3/c1-3-22-9-10-24(31(41)39(22)23-7-4-20(32)5-8-23)30(40)38-21-6-11-28(26(33)13-21)42-29-12-18(15-34)27(35-2)14-25(29)19-16-36-37-17-19/h4-17,34-35H,3H2,1-2H3,(H,36,37)(H,38,40). The minimum absolute atomic E-state index is 0.109. The summed E-state index contributed by atoms with van der Waals surface area (Å²) in [6.45, 7) is 1.86. The van der Waals surface area contributed by atoms with Crippen LogP contribution in [0.25, 0.3) is 16.8 Å². The van der Waals surface area contributed by atoms with Crippen molar-refractivity contribution in [3.63, 3.8) is 0 Å². The third-order valence-corrected chi connectivity index (χ3v) is 6.65. The minimum atomic E-state index is -0.759. The van der Waals surface area contributed by atoms with E-state index < -0.39 is 23.1 Å². The topological polar surface area (TPSA) is 125 Å². The second-order valence-corrected chi connectivity index (χ2v) is 9.23. The van der Waals surface area contributed by atoms with Crippen molar-refractivity contribution in [2.45, 2.75) is 13.3 Å². The highest BCUT2D eigenvalue weighted by atomic mass is 19.1. The van der Waals surface area contributed by atoms with Crippen LogP contribution >= 0.6 is 0 Å². The molecule has 3 aromatic carbocycles. The third-order valence-electron chi connectivity index (χ3n) is 6.65. The fourth-order valence-corrected chi connectivity index (χ4v) is 4.52. The van der Waals surface area contributed by atoms with Crippen LogP contribution in [0, 0.1) is 17.0 Å². The quantitative estimate of drug-likeness (QED) is 0.159.